The Hall–Kier alpha value is -3.48. The first-order valence-corrected chi connectivity index (χ1v) is 10.2. The molecule has 1 aliphatic heterocycles. The number of carbonyl (C=O) groups is 2. The molecule has 30 heavy (non-hydrogen) atoms. The van der Waals surface area contributed by atoms with E-state index in [1.807, 2.05) is 18.7 Å². The number of amides is 2. The number of nitrogens with one attached hydrogen (secondary N) is 1. The highest BCUT2D eigenvalue weighted by Crippen LogP contribution is 2.19. The van der Waals surface area contributed by atoms with Gasteiger partial charge in [-0.1, -0.05) is 24.3 Å². The molecule has 7 nitrogen and oxygen atoms in total. The second-order valence-corrected chi connectivity index (χ2v) is 7.77. The van der Waals surface area contributed by atoms with Crippen LogP contribution in [0.5, 0.6) is 0 Å². The standard InChI is InChI=1S/C23H24N4O3/c1-15(2)27-23(30)19-11-4-3-10-18(19)20(25-27)21(28)24-17-9-7-8-16(14-17)22(29)26-12-5-6-13-26/h3-4,7-11,14-15H,5-6,12-13H2,1-2H3,(H,24,28). The zero-order valence-corrected chi connectivity index (χ0v) is 17.1. The molecule has 1 aromatic heterocycles. The largest absolute Gasteiger partial charge is 0.339 e. The van der Waals surface area contributed by atoms with Crippen LogP contribution in [0.1, 0.15) is 53.6 Å². The zero-order valence-electron chi connectivity index (χ0n) is 17.1. The molecule has 4 rings (SSSR count). The first kappa shape index (κ1) is 19.8. The van der Waals surface area contributed by atoms with Gasteiger partial charge in [0, 0.05) is 29.7 Å². The van der Waals surface area contributed by atoms with Gasteiger partial charge < -0.3 is 10.2 Å². The van der Waals surface area contributed by atoms with Crippen molar-refractivity contribution in [2.45, 2.75) is 32.7 Å². The van der Waals surface area contributed by atoms with E-state index in [0.717, 1.165) is 25.9 Å². The molecule has 0 saturated carbocycles. The smallest absolute Gasteiger partial charge is 0.276 e. The van der Waals surface area contributed by atoms with Crippen LogP contribution >= 0.6 is 0 Å². The highest BCUT2D eigenvalue weighted by molar-refractivity contribution is 6.11. The number of fused-ring (bicyclic) bond motifs is 1. The number of benzene rings is 2. The fourth-order valence-corrected chi connectivity index (χ4v) is 3.75. The normalized spacial score (nSPS) is 13.8. The van der Waals surface area contributed by atoms with Gasteiger partial charge in [-0.2, -0.15) is 5.10 Å². The van der Waals surface area contributed by atoms with Crippen molar-refractivity contribution >= 4 is 28.3 Å². The van der Waals surface area contributed by atoms with E-state index in [1.54, 1.807) is 48.5 Å². The molecule has 1 saturated heterocycles. The summed E-state index contributed by atoms with van der Waals surface area (Å²) in [6.45, 7) is 5.22. The molecule has 154 valence electrons. The number of anilines is 1. The SMILES string of the molecule is CC(C)n1nc(C(=O)Nc2cccc(C(=O)N3CCCC3)c2)c2ccccc2c1=O. The molecule has 1 N–H and O–H groups in total. The fourth-order valence-electron chi connectivity index (χ4n) is 3.75. The van der Waals surface area contributed by atoms with Crippen LogP contribution in [0.2, 0.25) is 0 Å². The molecule has 2 amide bonds. The number of aromatic nitrogens is 2. The Balaban J connectivity index is 1.67. The van der Waals surface area contributed by atoms with E-state index in [0.29, 0.717) is 22.0 Å². The number of rotatable bonds is 4. The molecule has 2 aromatic carbocycles. The Morgan fingerprint density at radius 2 is 1.70 bits per heavy atom. The lowest BCUT2D eigenvalue weighted by molar-refractivity contribution is 0.0792. The summed E-state index contributed by atoms with van der Waals surface area (Å²) in [4.78, 5) is 40.2. The van der Waals surface area contributed by atoms with Gasteiger partial charge in [-0.05, 0) is 51.0 Å². The molecular weight excluding hydrogens is 380 g/mol. The van der Waals surface area contributed by atoms with Crippen LogP contribution in [-0.4, -0.2) is 39.6 Å². The van der Waals surface area contributed by atoms with Gasteiger partial charge in [0.05, 0.1) is 11.4 Å². The van der Waals surface area contributed by atoms with Crippen molar-refractivity contribution in [2.24, 2.45) is 0 Å². The van der Waals surface area contributed by atoms with Crippen molar-refractivity contribution in [3.63, 3.8) is 0 Å². The molecule has 0 radical (unpaired) electrons. The van der Waals surface area contributed by atoms with Crippen LogP contribution in [0.3, 0.4) is 0 Å². The molecule has 2 heterocycles. The van der Waals surface area contributed by atoms with E-state index in [-0.39, 0.29) is 23.2 Å². The minimum Gasteiger partial charge on any atom is -0.339 e. The van der Waals surface area contributed by atoms with E-state index in [2.05, 4.69) is 10.4 Å². The highest BCUT2D eigenvalue weighted by Gasteiger charge is 2.21. The monoisotopic (exact) mass is 404 g/mol. The molecule has 1 fully saturated rings. The minimum atomic E-state index is -0.425. The molecule has 0 spiro atoms. The Bertz CT molecular complexity index is 1180. The van der Waals surface area contributed by atoms with Crippen LogP contribution < -0.4 is 10.9 Å². The van der Waals surface area contributed by atoms with Crippen LogP contribution in [0, 0.1) is 0 Å². The van der Waals surface area contributed by atoms with Crippen molar-refractivity contribution in [1.82, 2.24) is 14.7 Å². The van der Waals surface area contributed by atoms with E-state index in [1.165, 1.54) is 4.68 Å². The third-order valence-electron chi connectivity index (χ3n) is 5.29. The molecule has 1 aliphatic rings. The fraction of sp³-hybridized carbons (Fsp3) is 0.304. The Morgan fingerprint density at radius 3 is 2.40 bits per heavy atom. The number of carbonyl (C=O) groups excluding carboxylic acids is 2. The van der Waals surface area contributed by atoms with Crippen molar-refractivity contribution < 1.29 is 9.59 Å². The quantitative estimate of drug-likeness (QED) is 0.722. The van der Waals surface area contributed by atoms with Crippen molar-refractivity contribution in [1.29, 1.82) is 0 Å². The van der Waals surface area contributed by atoms with Crippen molar-refractivity contribution in [2.75, 3.05) is 18.4 Å². The maximum atomic E-state index is 13.1. The van der Waals surface area contributed by atoms with Crippen LogP contribution in [0.15, 0.2) is 53.3 Å². The van der Waals surface area contributed by atoms with Crippen LogP contribution in [0.4, 0.5) is 5.69 Å². The molecule has 0 unspecified atom stereocenters. The summed E-state index contributed by atoms with van der Waals surface area (Å²) in [5.74, 6) is -0.452. The average molecular weight is 404 g/mol. The first-order chi connectivity index (χ1) is 14.5. The van der Waals surface area contributed by atoms with E-state index >= 15 is 0 Å². The highest BCUT2D eigenvalue weighted by atomic mass is 16.2. The lowest BCUT2D eigenvalue weighted by atomic mass is 10.1. The molecular formula is C23H24N4O3. The molecule has 0 aliphatic carbocycles. The van der Waals surface area contributed by atoms with Gasteiger partial charge in [-0.15, -0.1) is 0 Å². The molecule has 7 heteroatoms. The maximum absolute atomic E-state index is 13.1. The van der Waals surface area contributed by atoms with Crippen LogP contribution in [0.25, 0.3) is 10.8 Å². The minimum absolute atomic E-state index is 0.0273. The van der Waals surface area contributed by atoms with Gasteiger partial charge in [0.2, 0.25) is 0 Å². The Kier molecular flexibility index (Phi) is 5.35. The zero-order chi connectivity index (χ0) is 21.3. The number of likely N-dealkylation sites (tertiary alicyclic amines) is 1. The summed E-state index contributed by atoms with van der Waals surface area (Å²) in [6, 6.07) is 13.7. The summed E-state index contributed by atoms with van der Waals surface area (Å²) in [5, 5.41) is 8.12. The van der Waals surface area contributed by atoms with Crippen molar-refractivity contribution in [3.8, 4) is 0 Å². The lowest BCUT2D eigenvalue weighted by Gasteiger charge is -2.16. The van der Waals surface area contributed by atoms with Gasteiger partial charge >= 0.3 is 0 Å². The summed E-state index contributed by atoms with van der Waals surface area (Å²) < 4.78 is 1.32. The summed E-state index contributed by atoms with van der Waals surface area (Å²) in [7, 11) is 0. The second kappa shape index (κ2) is 8.10. The van der Waals surface area contributed by atoms with Gasteiger partial charge in [0.1, 0.15) is 0 Å². The topological polar surface area (TPSA) is 84.3 Å². The third kappa shape index (κ3) is 3.70. The molecule has 0 bridgehead atoms. The van der Waals surface area contributed by atoms with E-state index in [4.69, 9.17) is 0 Å². The van der Waals surface area contributed by atoms with Crippen molar-refractivity contribution in [3.05, 3.63) is 70.1 Å². The Morgan fingerprint density at radius 1 is 1.00 bits per heavy atom. The summed E-state index contributed by atoms with van der Waals surface area (Å²) in [5.41, 5.74) is 1.00. The van der Waals surface area contributed by atoms with Gasteiger partial charge in [0.25, 0.3) is 17.4 Å². The number of hydrogen-bond donors (Lipinski definition) is 1. The predicted molar refractivity (Wildman–Crippen MR) is 116 cm³/mol. The van der Waals surface area contributed by atoms with E-state index in [9.17, 15) is 14.4 Å². The summed E-state index contributed by atoms with van der Waals surface area (Å²) >= 11 is 0. The molecule has 3 aromatic rings. The van der Waals surface area contributed by atoms with E-state index < -0.39 is 5.91 Å². The third-order valence-corrected chi connectivity index (χ3v) is 5.29. The first-order valence-electron chi connectivity index (χ1n) is 10.2. The predicted octanol–water partition coefficient (Wildman–Crippen LogP) is 3.47. The van der Waals surface area contributed by atoms with Gasteiger partial charge in [0.15, 0.2) is 5.69 Å². The maximum Gasteiger partial charge on any atom is 0.276 e. The average Bonchev–Trinajstić information content (AvgIpc) is 3.28. The summed E-state index contributed by atoms with van der Waals surface area (Å²) in [6.07, 6.45) is 2.04. The van der Waals surface area contributed by atoms with Gasteiger partial charge in [-0.25, -0.2) is 4.68 Å². The lowest BCUT2D eigenvalue weighted by Crippen LogP contribution is -2.29. The molecule has 0 atom stereocenters. The number of nitrogens with zero attached hydrogens (tertiary/aromatic N) is 3. The second-order valence-electron chi connectivity index (χ2n) is 7.77. The van der Waals surface area contributed by atoms with Gasteiger partial charge in [-0.3, -0.25) is 14.4 Å². The van der Waals surface area contributed by atoms with Crippen LogP contribution in [-0.2, 0) is 0 Å². The number of hydrogen-bond acceptors (Lipinski definition) is 4. The Labute approximate surface area is 174 Å².